The highest BCUT2D eigenvalue weighted by molar-refractivity contribution is 7.99. The summed E-state index contributed by atoms with van der Waals surface area (Å²) in [6, 6.07) is 16.0. The zero-order valence-electron chi connectivity index (χ0n) is 18.7. The number of rotatable bonds is 5. The van der Waals surface area contributed by atoms with Crippen molar-refractivity contribution in [1.29, 1.82) is 0 Å². The number of aliphatic hydroxyl groups is 1. The lowest BCUT2D eigenvalue weighted by atomic mass is 10.00. The highest BCUT2D eigenvalue weighted by Gasteiger charge is 2.39. The summed E-state index contributed by atoms with van der Waals surface area (Å²) in [6.45, 7) is 3.47. The molecule has 1 unspecified atom stereocenters. The van der Waals surface area contributed by atoms with Gasteiger partial charge in [-0.05, 0) is 69.4 Å². The van der Waals surface area contributed by atoms with Crippen LogP contribution < -0.4 is 4.90 Å². The molecule has 2 saturated heterocycles. The first-order valence-corrected chi connectivity index (χ1v) is 14.3. The van der Waals surface area contributed by atoms with E-state index >= 15 is 0 Å². The molecule has 2 N–H and O–H groups in total. The van der Waals surface area contributed by atoms with Crippen LogP contribution in [0.3, 0.4) is 0 Å². The molecule has 2 fully saturated rings. The fourth-order valence-electron chi connectivity index (χ4n) is 5.07. The Balaban J connectivity index is 0.000000385. The Hall–Kier alpha value is -1.29. The van der Waals surface area contributed by atoms with Gasteiger partial charge in [0.2, 0.25) is 0 Å². The molecular formula is C24H31ClN2O4S2. The number of halogens is 1. The summed E-state index contributed by atoms with van der Waals surface area (Å²) in [5.41, 5.74) is 2.51. The molecule has 2 aromatic rings. The average Bonchev–Trinajstić information content (AvgIpc) is 3.02. The van der Waals surface area contributed by atoms with Gasteiger partial charge in [0.25, 0.3) is 10.1 Å². The number of aliphatic hydroxyl groups excluding tert-OH is 1. The topological polar surface area (TPSA) is 81.1 Å². The van der Waals surface area contributed by atoms with E-state index in [2.05, 4.69) is 46.2 Å². The van der Waals surface area contributed by atoms with Gasteiger partial charge in [0.15, 0.2) is 0 Å². The minimum absolute atomic E-state index is 0.0845. The summed E-state index contributed by atoms with van der Waals surface area (Å²) in [5, 5.41) is 10.8. The Kier molecular flexibility index (Phi) is 7.93. The Labute approximate surface area is 205 Å². The van der Waals surface area contributed by atoms with Gasteiger partial charge in [0.05, 0.1) is 23.2 Å². The summed E-state index contributed by atoms with van der Waals surface area (Å²) < 4.78 is 26.9. The summed E-state index contributed by atoms with van der Waals surface area (Å²) in [5.74, 6) is -0.201. The van der Waals surface area contributed by atoms with E-state index in [4.69, 9.17) is 16.2 Å². The number of nitrogens with zero attached hydrogens (tertiary/aromatic N) is 2. The molecular weight excluding hydrogens is 480 g/mol. The van der Waals surface area contributed by atoms with E-state index < -0.39 is 10.1 Å². The second-order valence-electron chi connectivity index (χ2n) is 8.81. The van der Waals surface area contributed by atoms with Gasteiger partial charge >= 0.3 is 0 Å². The molecule has 9 heteroatoms. The van der Waals surface area contributed by atoms with Crippen LogP contribution in [0, 0.1) is 0 Å². The van der Waals surface area contributed by atoms with Crippen molar-refractivity contribution in [2.24, 2.45) is 0 Å². The number of piperidine rings is 1. The van der Waals surface area contributed by atoms with Crippen LogP contribution in [0.4, 0.5) is 11.4 Å². The number of anilines is 2. The van der Waals surface area contributed by atoms with Gasteiger partial charge in [0, 0.05) is 40.0 Å². The Morgan fingerprint density at radius 1 is 1.03 bits per heavy atom. The molecule has 3 atom stereocenters. The van der Waals surface area contributed by atoms with E-state index in [1.807, 2.05) is 17.8 Å². The predicted molar refractivity (Wildman–Crippen MR) is 134 cm³/mol. The standard InChI is InChI=1S/C22H25ClN2OS.C2H6O3S/c23-15-6-9-22-20(12-15)25(19-4-1-2-5-21(19)27-22)11-3-10-24-16-7-8-17(24)14-18(26)13-16;1-2-6(3,4)5/h1-2,4-6,9,12,16-18,26H,3,7-8,10-11,13-14H2;2H2,1H3,(H,3,4,5)/t16-,17+,18?;. The molecule has 2 bridgehead atoms. The Bertz CT molecular complexity index is 1070. The van der Waals surface area contributed by atoms with E-state index in [-0.39, 0.29) is 11.9 Å². The molecule has 0 amide bonds. The number of hydrogen-bond acceptors (Lipinski definition) is 6. The lowest BCUT2D eigenvalue weighted by Crippen LogP contribution is -2.45. The van der Waals surface area contributed by atoms with Crippen LogP contribution in [0.5, 0.6) is 0 Å². The zero-order valence-corrected chi connectivity index (χ0v) is 21.1. The van der Waals surface area contributed by atoms with Crippen LogP contribution in [-0.4, -0.2) is 60.0 Å². The monoisotopic (exact) mass is 510 g/mol. The first kappa shape index (κ1) is 24.8. The molecule has 3 heterocycles. The van der Waals surface area contributed by atoms with Gasteiger partial charge in [-0.25, -0.2) is 0 Å². The van der Waals surface area contributed by atoms with Crippen molar-refractivity contribution >= 4 is 44.9 Å². The molecule has 0 spiro atoms. The minimum Gasteiger partial charge on any atom is -0.393 e. The normalized spacial score (nSPS) is 24.0. The van der Waals surface area contributed by atoms with Gasteiger partial charge in [-0.3, -0.25) is 9.45 Å². The van der Waals surface area contributed by atoms with Crippen molar-refractivity contribution in [2.45, 2.75) is 67.0 Å². The van der Waals surface area contributed by atoms with E-state index in [0.29, 0.717) is 12.1 Å². The van der Waals surface area contributed by atoms with Crippen molar-refractivity contribution in [3.63, 3.8) is 0 Å². The molecule has 0 saturated carbocycles. The maximum absolute atomic E-state index is 10.0. The molecule has 0 radical (unpaired) electrons. The van der Waals surface area contributed by atoms with E-state index in [0.717, 1.165) is 37.4 Å². The fraction of sp³-hybridized carbons (Fsp3) is 0.500. The predicted octanol–water partition coefficient (Wildman–Crippen LogP) is 5.21. The Morgan fingerprint density at radius 3 is 2.33 bits per heavy atom. The summed E-state index contributed by atoms with van der Waals surface area (Å²) >= 11 is 8.15. The maximum Gasteiger partial charge on any atom is 0.264 e. The van der Waals surface area contributed by atoms with Gasteiger partial charge in [-0.15, -0.1) is 0 Å². The quantitative estimate of drug-likeness (QED) is 0.534. The summed E-state index contributed by atoms with van der Waals surface area (Å²) in [6.07, 6.45) is 5.45. The van der Waals surface area contributed by atoms with Crippen LogP contribution in [0.15, 0.2) is 52.3 Å². The SMILES string of the molecule is CCS(=O)(=O)O.OC1C[C@H]2CC[C@@H](C1)N2CCCN1c2ccccc2Sc2ccc(Cl)cc21. The average molecular weight is 511 g/mol. The molecule has 0 aromatic heterocycles. The van der Waals surface area contributed by atoms with Crippen molar-refractivity contribution in [3.05, 3.63) is 47.5 Å². The first-order valence-electron chi connectivity index (χ1n) is 11.5. The summed E-state index contributed by atoms with van der Waals surface area (Å²) in [7, 11) is -3.66. The molecule has 2 aromatic carbocycles. The van der Waals surface area contributed by atoms with E-state index in [1.54, 1.807) is 0 Å². The zero-order chi connectivity index (χ0) is 23.6. The van der Waals surface area contributed by atoms with Crippen LogP contribution in [0.25, 0.3) is 0 Å². The van der Waals surface area contributed by atoms with Gasteiger partial charge in [-0.1, -0.05) is 35.5 Å². The third-order valence-electron chi connectivity index (χ3n) is 6.61. The highest BCUT2D eigenvalue weighted by atomic mass is 35.5. The van der Waals surface area contributed by atoms with Crippen LogP contribution in [0.1, 0.15) is 39.0 Å². The van der Waals surface area contributed by atoms with E-state index in [9.17, 15) is 13.5 Å². The lowest BCUT2D eigenvalue weighted by Gasteiger charge is -2.38. The van der Waals surface area contributed by atoms with Crippen molar-refractivity contribution in [1.82, 2.24) is 4.90 Å². The fourth-order valence-corrected chi connectivity index (χ4v) is 6.31. The van der Waals surface area contributed by atoms with Crippen molar-refractivity contribution < 1.29 is 18.1 Å². The second kappa shape index (κ2) is 10.5. The lowest BCUT2D eigenvalue weighted by molar-refractivity contribution is 0.0353. The molecule has 33 heavy (non-hydrogen) atoms. The largest absolute Gasteiger partial charge is 0.393 e. The van der Waals surface area contributed by atoms with E-state index in [1.165, 1.54) is 40.9 Å². The van der Waals surface area contributed by atoms with Crippen LogP contribution >= 0.6 is 23.4 Å². The van der Waals surface area contributed by atoms with Crippen LogP contribution in [0.2, 0.25) is 5.02 Å². The minimum atomic E-state index is -3.66. The van der Waals surface area contributed by atoms with Crippen LogP contribution in [-0.2, 0) is 10.1 Å². The molecule has 6 nitrogen and oxygen atoms in total. The molecule has 0 aliphatic carbocycles. The highest BCUT2D eigenvalue weighted by Crippen LogP contribution is 2.48. The second-order valence-corrected chi connectivity index (χ2v) is 12.1. The molecule has 5 rings (SSSR count). The summed E-state index contributed by atoms with van der Waals surface area (Å²) in [4.78, 5) is 7.69. The third-order valence-corrected chi connectivity index (χ3v) is 8.71. The number of benzene rings is 2. The maximum atomic E-state index is 10.0. The molecule has 180 valence electrons. The molecule has 3 aliphatic heterocycles. The Morgan fingerprint density at radius 2 is 1.67 bits per heavy atom. The van der Waals surface area contributed by atoms with Gasteiger partial charge in [0.1, 0.15) is 0 Å². The number of para-hydroxylation sites is 1. The smallest absolute Gasteiger partial charge is 0.264 e. The van der Waals surface area contributed by atoms with Crippen molar-refractivity contribution in [3.8, 4) is 0 Å². The number of fused-ring (bicyclic) bond motifs is 4. The number of hydrogen-bond donors (Lipinski definition) is 2. The first-order chi connectivity index (χ1) is 15.7. The van der Waals surface area contributed by atoms with Gasteiger partial charge in [-0.2, -0.15) is 8.42 Å². The molecule has 3 aliphatic rings. The third kappa shape index (κ3) is 6.05. The van der Waals surface area contributed by atoms with Gasteiger partial charge < -0.3 is 10.0 Å². The van der Waals surface area contributed by atoms with Crippen molar-refractivity contribution in [2.75, 3.05) is 23.7 Å².